The van der Waals surface area contributed by atoms with Crippen LogP contribution in [0.1, 0.15) is 31.9 Å². The van der Waals surface area contributed by atoms with Crippen LogP contribution >= 0.6 is 0 Å². The number of nitrogens with zero attached hydrogens (tertiary/aromatic N) is 1. The highest BCUT2D eigenvalue weighted by Crippen LogP contribution is 2.26. The number of amides is 1. The van der Waals surface area contributed by atoms with Crippen molar-refractivity contribution in [1.29, 1.82) is 0 Å². The van der Waals surface area contributed by atoms with Crippen LogP contribution in [0.4, 0.5) is 4.79 Å². The molecule has 2 aromatic rings. The summed E-state index contributed by atoms with van der Waals surface area (Å²) in [5.74, 6) is -0.272. The Morgan fingerprint density at radius 1 is 0.935 bits per heavy atom. The van der Waals surface area contributed by atoms with Gasteiger partial charge in [-0.1, -0.05) is 60.7 Å². The number of piperidine rings is 1. The average molecular weight is 428 g/mol. The third kappa shape index (κ3) is 7.06. The molecule has 0 bridgehead atoms. The minimum Gasteiger partial charge on any atom is -0.444 e. The zero-order valence-electron chi connectivity index (χ0n) is 18.6. The molecule has 1 N–H and O–H groups in total. The maximum absolute atomic E-state index is 12.7. The van der Waals surface area contributed by atoms with Crippen molar-refractivity contribution in [2.75, 3.05) is 19.7 Å². The topological polar surface area (TPSA) is 68.2 Å². The lowest BCUT2D eigenvalue weighted by atomic mass is 9.92. The number of rotatable bonds is 7. The molecule has 3 rings (SSSR count). The lowest BCUT2D eigenvalue weighted by Gasteiger charge is -2.43. The Balaban J connectivity index is 1.74. The standard InChI is InChI=1S/C25H33NO5/c1-25(2,3)31-24(28)26-14-21(16-27)23(30-18-20-12-8-5-9-13-20)22(15-26)29-17-19-10-6-4-7-11-19/h4-13,21-23,27H,14-18H2,1-3H3/t21-,22-,23+/m1/s1. The van der Waals surface area contributed by atoms with Gasteiger partial charge >= 0.3 is 6.09 Å². The molecule has 0 spiro atoms. The zero-order valence-corrected chi connectivity index (χ0v) is 18.6. The number of aliphatic hydroxyl groups is 1. The van der Waals surface area contributed by atoms with E-state index in [1.54, 1.807) is 4.90 Å². The molecule has 1 fully saturated rings. The van der Waals surface area contributed by atoms with Crippen LogP contribution in [0, 0.1) is 5.92 Å². The molecule has 1 heterocycles. The van der Waals surface area contributed by atoms with Crippen LogP contribution in [-0.2, 0) is 27.4 Å². The number of carbonyl (C=O) groups is 1. The first-order valence-electron chi connectivity index (χ1n) is 10.8. The molecule has 0 unspecified atom stereocenters. The predicted octanol–water partition coefficient (Wildman–Crippen LogP) is 4.02. The van der Waals surface area contributed by atoms with Gasteiger partial charge in [-0.15, -0.1) is 0 Å². The van der Waals surface area contributed by atoms with Crippen LogP contribution in [0.2, 0.25) is 0 Å². The number of aliphatic hydroxyl groups excluding tert-OH is 1. The highest BCUT2D eigenvalue weighted by atomic mass is 16.6. The monoisotopic (exact) mass is 427 g/mol. The van der Waals surface area contributed by atoms with Crippen molar-refractivity contribution >= 4 is 6.09 Å². The van der Waals surface area contributed by atoms with Crippen molar-refractivity contribution in [2.45, 2.75) is 51.8 Å². The van der Waals surface area contributed by atoms with Gasteiger partial charge in [0.1, 0.15) is 11.7 Å². The Kier molecular flexibility index (Phi) is 8.07. The van der Waals surface area contributed by atoms with Crippen LogP contribution in [0.5, 0.6) is 0 Å². The molecule has 1 aliphatic rings. The summed E-state index contributed by atoms with van der Waals surface area (Å²) in [6, 6.07) is 19.8. The molecule has 0 aliphatic carbocycles. The second-order valence-electron chi connectivity index (χ2n) is 8.92. The fourth-order valence-corrected chi connectivity index (χ4v) is 3.66. The van der Waals surface area contributed by atoms with Crippen LogP contribution in [-0.4, -0.2) is 53.6 Å². The normalized spacial score (nSPS) is 21.7. The number of carbonyl (C=O) groups excluding carboxylic acids is 1. The molecule has 1 saturated heterocycles. The van der Waals surface area contributed by atoms with Crippen molar-refractivity contribution in [2.24, 2.45) is 5.92 Å². The van der Waals surface area contributed by atoms with E-state index in [0.717, 1.165) is 11.1 Å². The predicted molar refractivity (Wildman–Crippen MR) is 118 cm³/mol. The third-order valence-electron chi connectivity index (χ3n) is 5.16. The van der Waals surface area contributed by atoms with Gasteiger partial charge in [0.2, 0.25) is 0 Å². The van der Waals surface area contributed by atoms with E-state index in [1.807, 2.05) is 81.4 Å². The third-order valence-corrected chi connectivity index (χ3v) is 5.16. The lowest BCUT2D eigenvalue weighted by Crippen LogP contribution is -2.57. The Morgan fingerprint density at radius 3 is 2.00 bits per heavy atom. The van der Waals surface area contributed by atoms with Crippen LogP contribution < -0.4 is 0 Å². The zero-order chi connectivity index (χ0) is 22.3. The van der Waals surface area contributed by atoms with E-state index in [9.17, 15) is 9.90 Å². The van der Waals surface area contributed by atoms with Gasteiger partial charge in [0.05, 0.1) is 32.5 Å². The van der Waals surface area contributed by atoms with E-state index in [1.165, 1.54) is 0 Å². The summed E-state index contributed by atoms with van der Waals surface area (Å²) in [6.07, 6.45) is -1.13. The molecule has 1 amide bonds. The van der Waals surface area contributed by atoms with Crippen molar-refractivity contribution in [3.63, 3.8) is 0 Å². The largest absolute Gasteiger partial charge is 0.444 e. The summed E-state index contributed by atoms with van der Waals surface area (Å²) in [5, 5.41) is 10.1. The molecule has 6 nitrogen and oxygen atoms in total. The number of ether oxygens (including phenoxy) is 3. The highest BCUT2D eigenvalue weighted by Gasteiger charge is 2.41. The summed E-state index contributed by atoms with van der Waals surface area (Å²) in [7, 11) is 0. The fourth-order valence-electron chi connectivity index (χ4n) is 3.66. The average Bonchev–Trinajstić information content (AvgIpc) is 2.76. The number of hydrogen-bond acceptors (Lipinski definition) is 5. The Labute approximate surface area is 184 Å². The number of hydrogen-bond donors (Lipinski definition) is 1. The molecule has 2 aromatic carbocycles. The van der Waals surface area contributed by atoms with E-state index in [0.29, 0.717) is 26.3 Å². The van der Waals surface area contributed by atoms with Crippen molar-refractivity contribution < 1.29 is 24.1 Å². The minimum atomic E-state index is -0.590. The summed E-state index contributed by atoms with van der Waals surface area (Å²) in [4.78, 5) is 14.3. The number of benzene rings is 2. The first-order chi connectivity index (χ1) is 14.9. The molecule has 31 heavy (non-hydrogen) atoms. The van der Waals surface area contributed by atoms with Crippen LogP contribution in [0.25, 0.3) is 0 Å². The summed E-state index contributed by atoms with van der Waals surface area (Å²) in [5.41, 5.74) is 1.50. The van der Waals surface area contributed by atoms with E-state index < -0.39 is 11.7 Å². The number of likely N-dealkylation sites (tertiary alicyclic amines) is 1. The van der Waals surface area contributed by atoms with Gasteiger partial charge in [-0.25, -0.2) is 4.79 Å². The lowest BCUT2D eigenvalue weighted by molar-refractivity contribution is -0.149. The quantitative estimate of drug-likeness (QED) is 0.723. The van der Waals surface area contributed by atoms with Crippen LogP contribution in [0.3, 0.4) is 0 Å². The smallest absolute Gasteiger partial charge is 0.410 e. The molecule has 1 aliphatic heterocycles. The molecular formula is C25H33NO5. The van der Waals surface area contributed by atoms with Crippen LogP contribution in [0.15, 0.2) is 60.7 Å². The molecule has 6 heteroatoms. The Bertz CT molecular complexity index is 806. The van der Waals surface area contributed by atoms with Gasteiger partial charge < -0.3 is 24.2 Å². The van der Waals surface area contributed by atoms with Gasteiger partial charge in [0, 0.05) is 12.5 Å². The Morgan fingerprint density at radius 2 is 1.48 bits per heavy atom. The first kappa shape index (κ1) is 23.3. The van der Waals surface area contributed by atoms with E-state index in [4.69, 9.17) is 14.2 Å². The van der Waals surface area contributed by atoms with Gasteiger partial charge in [0.25, 0.3) is 0 Å². The van der Waals surface area contributed by atoms with E-state index >= 15 is 0 Å². The summed E-state index contributed by atoms with van der Waals surface area (Å²) < 4.78 is 18.0. The molecule has 168 valence electrons. The van der Waals surface area contributed by atoms with E-state index in [-0.39, 0.29) is 24.7 Å². The van der Waals surface area contributed by atoms with Gasteiger partial charge in [-0.05, 0) is 31.9 Å². The van der Waals surface area contributed by atoms with Gasteiger partial charge in [-0.3, -0.25) is 0 Å². The molecule has 0 aromatic heterocycles. The maximum Gasteiger partial charge on any atom is 0.410 e. The summed E-state index contributed by atoms with van der Waals surface area (Å²) in [6.45, 7) is 6.93. The Hall–Kier alpha value is -2.41. The van der Waals surface area contributed by atoms with Gasteiger partial charge in [0.15, 0.2) is 0 Å². The maximum atomic E-state index is 12.7. The van der Waals surface area contributed by atoms with Crippen molar-refractivity contribution in [3.05, 3.63) is 71.8 Å². The molecular weight excluding hydrogens is 394 g/mol. The summed E-state index contributed by atoms with van der Waals surface area (Å²) >= 11 is 0. The SMILES string of the molecule is CC(C)(C)OC(=O)N1C[C@H](CO)[C@H](OCc2ccccc2)[C@H](OCc2ccccc2)C1. The van der Waals surface area contributed by atoms with E-state index in [2.05, 4.69) is 0 Å². The first-order valence-corrected chi connectivity index (χ1v) is 10.8. The van der Waals surface area contributed by atoms with Crippen molar-refractivity contribution in [3.8, 4) is 0 Å². The molecule has 0 radical (unpaired) electrons. The minimum absolute atomic E-state index is 0.107. The fraction of sp³-hybridized carbons (Fsp3) is 0.480. The van der Waals surface area contributed by atoms with Gasteiger partial charge in [-0.2, -0.15) is 0 Å². The molecule has 0 saturated carbocycles. The highest BCUT2D eigenvalue weighted by molar-refractivity contribution is 5.68. The second kappa shape index (κ2) is 10.8. The second-order valence-corrected chi connectivity index (χ2v) is 8.92. The molecule has 3 atom stereocenters. The van der Waals surface area contributed by atoms with Crippen molar-refractivity contribution in [1.82, 2.24) is 4.90 Å².